The molecule has 6 amide bonds. The van der Waals surface area contributed by atoms with Gasteiger partial charge in [0, 0.05) is 43.7 Å². The fourth-order valence-corrected chi connectivity index (χ4v) is 4.31. The van der Waals surface area contributed by atoms with E-state index in [2.05, 4.69) is 15.6 Å². The van der Waals surface area contributed by atoms with Crippen LogP contribution in [0.1, 0.15) is 12.8 Å². The fraction of sp³-hybridized carbons (Fsp3) is 0.304. The number of halogens is 1. The first-order chi connectivity index (χ1) is 17.7. The van der Waals surface area contributed by atoms with E-state index in [0.717, 1.165) is 9.32 Å². The van der Waals surface area contributed by atoms with E-state index in [4.69, 9.17) is 21.6 Å². The molecule has 3 N–H and O–H groups in total. The Morgan fingerprint density at radius 3 is 2.57 bits per heavy atom. The molecule has 0 bridgehead atoms. The van der Waals surface area contributed by atoms with Crippen LogP contribution in [0.2, 0.25) is 0 Å². The van der Waals surface area contributed by atoms with Gasteiger partial charge in [-0.15, -0.1) is 0 Å². The first kappa shape index (κ1) is 25.9. The van der Waals surface area contributed by atoms with Gasteiger partial charge < -0.3 is 25.4 Å². The molecule has 3 atom stereocenters. The minimum atomic E-state index is -1.22. The van der Waals surface area contributed by atoms with Crippen molar-refractivity contribution in [2.24, 2.45) is 0 Å². The van der Waals surface area contributed by atoms with E-state index in [1.54, 1.807) is 18.2 Å². The average molecular weight is 531 g/mol. The summed E-state index contributed by atoms with van der Waals surface area (Å²) >= 11 is 6.21. The summed E-state index contributed by atoms with van der Waals surface area (Å²) in [5.74, 6) is -2.18. The maximum atomic E-state index is 13.1. The second kappa shape index (κ2) is 10.8. The molecule has 0 saturated carbocycles. The summed E-state index contributed by atoms with van der Waals surface area (Å²) in [4.78, 5) is 67.9. The molecule has 13 nitrogen and oxygen atoms in total. The molecule has 3 unspecified atom stereocenters. The fourth-order valence-electron chi connectivity index (χ4n) is 4.12. The van der Waals surface area contributed by atoms with E-state index in [0.29, 0.717) is 5.69 Å². The second-order valence-corrected chi connectivity index (χ2v) is 8.66. The van der Waals surface area contributed by atoms with Gasteiger partial charge in [0.05, 0.1) is 18.2 Å². The predicted octanol–water partition coefficient (Wildman–Crippen LogP) is 1.79. The Bertz CT molecular complexity index is 1210. The number of urea groups is 2. The molecule has 3 heterocycles. The number of pyridine rings is 1. The Hall–Kier alpha value is -4.23. The van der Waals surface area contributed by atoms with Gasteiger partial charge in [0.15, 0.2) is 5.82 Å². The highest BCUT2D eigenvalue weighted by atomic mass is 35.5. The van der Waals surface area contributed by atoms with Crippen LogP contribution < -0.4 is 20.0 Å². The molecule has 37 heavy (non-hydrogen) atoms. The summed E-state index contributed by atoms with van der Waals surface area (Å²) in [6.07, 6.45) is 0.814. The van der Waals surface area contributed by atoms with Gasteiger partial charge in [0.2, 0.25) is 5.91 Å². The number of nitrogens with one attached hydrogen (secondary N) is 2. The number of hydrogen-bond donors (Lipinski definition) is 3. The van der Waals surface area contributed by atoms with Crippen LogP contribution in [0, 0.1) is 0 Å². The number of ether oxygens (including phenoxy) is 1. The van der Waals surface area contributed by atoms with E-state index in [1.165, 1.54) is 42.5 Å². The second-order valence-electron chi connectivity index (χ2n) is 8.32. The smallest absolute Gasteiger partial charge is 0.341 e. The van der Waals surface area contributed by atoms with Crippen LogP contribution in [0.3, 0.4) is 0 Å². The van der Waals surface area contributed by atoms with Crippen LogP contribution in [0.4, 0.5) is 26.8 Å². The molecule has 0 radical (unpaired) electrons. The molecule has 0 spiro atoms. The third-order valence-electron chi connectivity index (χ3n) is 5.95. The summed E-state index contributed by atoms with van der Waals surface area (Å²) in [5.41, 5.74) is 0.558. The molecule has 0 aliphatic carbocycles. The topological polar surface area (TPSA) is 161 Å². The van der Waals surface area contributed by atoms with Crippen LogP contribution in [0.5, 0.6) is 0 Å². The highest BCUT2D eigenvalue weighted by molar-refractivity contribution is 6.36. The minimum absolute atomic E-state index is 0.145. The van der Waals surface area contributed by atoms with Crippen molar-refractivity contribution in [3.63, 3.8) is 0 Å². The summed E-state index contributed by atoms with van der Waals surface area (Å²) in [6.45, 7) is 0.145. The molecule has 14 heteroatoms. The Morgan fingerprint density at radius 2 is 1.95 bits per heavy atom. The van der Waals surface area contributed by atoms with E-state index in [9.17, 15) is 24.0 Å². The van der Waals surface area contributed by atoms with E-state index in [1.807, 2.05) is 0 Å². The number of carboxylic acid groups (broad SMARTS) is 1. The van der Waals surface area contributed by atoms with Crippen molar-refractivity contribution in [2.45, 2.75) is 31.0 Å². The number of likely N-dealkylation sites (tertiary alicyclic amines) is 1. The Kier molecular flexibility index (Phi) is 7.55. The van der Waals surface area contributed by atoms with E-state index >= 15 is 0 Å². The van der Waals surface area contributed by atoms with Gasteiger partial charge in [-0.2, -0.15) is 4.42 Å². The number of amides is 6. The van der Waals surface area contributed by atoms with Gasteiger partial charge >= 0.3 is 18.0 Å². The van der Waals surface area contributed by atoms with Crippen molar-refractivity contribution >= 4 is 58.8 Å². The zero-order chi connectivity index (χ0) is 26.7. The zero-order valence-corrected chi connectivity index (χ0v) is 20.3. The van der Waals surface area contributed by atoms with Crippen molar-refractivity contribution in [3.05, 3.63) is 48.7 Å². The zero-order valence-electron chi connectivity index (χ0n) is 19.5. The average Bonchev–Trinajstić information content (AvgIpc) is 3.44. The number of carbonyl (C=O) groups is 5. The van der Waals surface area contributed by atoms with Gasteiger partial charge in [-0.05, 0) is 36.4 Å². The van der Waals surface area contributed by atoms with Gasteiger partial charge in [-0.3, -0.25) is 14.4 Å². The molecule has 2 aromatic rings. The Morgan fingerprint density at radius 1 is 1.22 bits per heavy atom. The van der Waals surface area contributed by atoms with Gasteiger partial charge in [-0.1, -0.05) is 6.07 Å². The van der Waals surface area contributed by atoms with Crippen molar-refractivity contribution in [3.8, 4) is 0 Å². The number of nitrogens with zero attached hydrogens (tertiary/aromatic N) is 4. The molecule has 194 valence electrons. The highest BCUT2D eigenvalue weighted by Gasteiger charge is 2.42. The molecule has 4 rings (SSSR count). The molecule has 2 aliphatic rings. The van der Waals surface area contributed by atoms with E-state index in [-0.39, 0.29) is 30.6 Å². The monoisotopic (exact) mass is 530 g/mol. The number of rotatable bonds is 7. The third kappa shape index (κ3) is 5.47. The number of imide groups is 1. The van der Waals surface area contributed by atoms with Crippen molar-refractivity contribution in [1.29, 1.82) is 0 Å². The number of methoxy groups -OCH3 is 1. The first-order valence-corrected chi connectivity index (χ1v) is 11.5. The number of hydrogen-bond acceptors (Lipinski definition) is 7. The molecule has 2 saturated heterocycles. The van der Waals surface area contributed by atoms with Crippen molar-refractivity contribution in [1.82, 2.24) is 15.2 Å². The van der Waals surface area contributed by atoms with Gasteiger partial charge in [0.1, 0.15) is 12.1 Å². The Labute approximate surface area is 216 Å². The van der Waals surface area contributed by atoms with Crippen LogP contribution in [0.25, 0.3) is 0 Å². The van der Waals surface area contributed by atoms with Gasteiger partial charge in [0.25, 0.3) is 5.91 Å². The number of aromatic nitrogens is 1. The molecule has 1 aromatic heterocycles. The van der Waals surface area contributed by atoms with Crippen molar-refractivity contribution < 1.29 is 33.8 Å². The third-order valence-corrected chi connectivity index (χ3v) is 6.27. The molecular weight excluding hydrogens is 508 g/mol. The number of carboxylic acids is 1. The highest BCUT2D eigenvalue weighted by Crippen LogP contribution is 2.27. The van der Waals surface area contributed by atoms with E-state index < -0.39 is 48.4 Å². The predicted molar refractivity (Wildman–Crippen MR) is 131 cm³/mol. The summed E-state index contributed by atoms with van der Waals surface area (Å²) in [5, 5.41) is 14.0. The number of anilines is 3. The first-order valence-electron chi connectivity index (χ1n) is 11.2. The molecule has 2 fully saturated rings. The summed E-state index contributed by atoms with van der Waals surface area (Å²) in [6, 6.07) is 7.33. The quantitative estimate of drug-likeness (QED) is 0.360. The Balaban J connectivity index is 1.45. The normalized spacial score (nSPS) is 21.1. The molecule has 2 aliphatic heterocycles. The lowest BCUT2D eigenvalue weighted by Crippen LogP contribution is -2.47. The number of aliphatic carboxylic acids is 1. The standard InChI is InChI=1S/C23H23ClN6O7/c1-37-15-10-17(28(12-15)23(36)30(24)18-4-2-3-9-25-18)20(33)26-13-5-7-14(8-6-13)29-21(34)16(11-19(31)32)27-22(29)35/h2-9,15-17H,10-12H2,1H3,(H,26,33)(H,27,35)(H,31,32). The maximum absolute atomic E-state index is 13.1. The van der Waals surface area contributed by atoms with Crippen LogP contribution in [-0.4, -0.2) is 76.7 Å². The minimum Gasteiger partial charge on any atom is -0.481 e. The lowest BCUT2D eigenvalue weighted by molar-refractivity contribution is -0.139. The summed E-state index contributed by atoms with van der Waals surface area (Å²) < 4.78 is 6.21. The SMILES string of the molecule is COC1CC(C(=O)Nc2ccc(N3C(=O)NC(CC(=O)O)C3=O)cc2)N(C(=O)N(Cl)c2ccccn2)C1. The van der Waals surface area contributed by atoms with Crippen molar-refractivity contribution in [2.75, 3.05) is 28.3 Å². The van der Waals surface area contributed by atoms with Crippen LogP contribution in [0.15, 0.2) is 48.7 Å². The van der Waals surface area contributed by atoms with Crippen LogP contribution in [-0.2, 0) is 19.1 Å². The number of carbonyl (C=O) groups excluding carboxylic acids is 4. The van der Waals surface area contributed by atoms with Gasteiger partial charge in [-0.25, -0.2) is 19.5 Å². The lowest BCUT2D eigenvalue weighted by Gasteiger charge is -2.26. The summed E-state index contributed by atoms with van der Waals surface area (Å²) in [7, 11) is 1.49. The maximum Gasteiger partial charge on any atom is 0.341 e. The number of benzene rings is 1. The lowest BCUT2D eigenvalue weighted by atomic mass is 10.1. The van der Waals surface area contributed by atoms with Crippen LogP contribution >= 0.6 is 11.8 Å². The largest absolute Gasteiger partial charge is 0.481 e. The molecular formula is C23H23ClN6O7. The molecule has 1 aromatic carbocycles.